The number of aromatic hydroxyl groups is 1. The van der Waals surface area contributed by atoms with E-state index < -0.39 is 72.3 Å². The fraction of sp³-hybridized carbons (Fsp3) is 0.457. The summed E-state index contributed by atoms with van der Waals surface area (Å²) in [6.07, 6.45) is 0.679. The molecule has 2 aromatic carbocycles. The largest absolute Gasteiger partial charge is 0.508 e. The number of rotatable bonds is 21. The summed E-state index contributed by atoms with van der Waals surface area (Å²) in [7, 11) is 0. The van der Waals surface area contributed by atoms with Crippen LogP contribution in [0.15, 0.2) is 59.6 Å². The first-order chi connectivity index (χ1) is 24.5. The highest BCUT2D eigenvalue weighted by Crippen LogP contribution is 2.12. The van der Waals surface area contributed by atoms with Gasteiger partial charge in [-0.3, -0.25) is 29.0 Å². The third-order valence-corrected chi connectivity index (χ3v) is 7.74. The van der Waals surface area contributed by atoms with Gasteiger partial charge < -0.3 is 54.0 Å². The standard InChI is InChI=1S/C35H51N9O8/c1-20(2)16-27(32(49)43-26(34(51)52)10-7-15-39-35(37)38)44-33(50)28(18-22-8-5-4-6-9-22)42-29(46)19-40-30(47)21(3)41-31(48)25(36)17-23-11-13-24(45)14-12-23/h4-6,8-9,11-14,20-21,25-28,45H,7,10,15-19,36H2,1-3H3,(H,40,47)(H,41,48)(H,42,46)(H,43,49)(H,44,50)(H,51,52)(H4,37,38,39)/t21-,25+,26+,27+,28+/m0/s1. The number of nitrogens with two attached hydrogens (primary N) is 3. The Labute approximate surface area is 302 Å². The first-order valence-electron chi connectivity index (χ1n) is 16.9. The number of phenols is 1. The van der Waals surface area contributed by atoms with E-state index in [1.807, 2.05) is 13.8 Å². The Morgan fingerprint density at radius 2 is 1.33 bits per heavy atom. The first kappa shape index (κ1) is 42.5. The molecule has 0 aliphatic heterocycles. The lowest BCUT2D eigenvalue weighted by atomic mass is 10.0. The van der Waals surface area contributed by atoms with Crippen LogP contribution in [0.4, 0.5) is 0 Å². The summed E-state index contributed by atoms with van der Waals surface area (Å²) < 4.78 is 0. The minimum Gasteiger partial charge on any atom is -0.508 e. The van der Waals surface area contributed by atoms with Gasteiger partial charge in [-0.25, -0.2) is 4.79 Å². The van der Waals surface area contributed by atoms with Crippen LogP contribution in [0.3, 0.4) is 0 Å². The van der Waals surface area contributed by atoms with Crippen molar-refractivity contribution in [2.75, 3.05) is 13.1 Å². The number of carbonyl (C=O) groups is 6. The molecule has 0 spiro atoms. The molecule has 0 heterocycles. The van der Waals surface area contributed by atoms with Gasteiger partial charge in [0.15, 0.2) is 5.96 Å². The van der Waals surface area contributed by atoms with Crippen molar-refractivity contribution in [3.63, 3.8) is 0 Å². The summed E-state index contributed by atoms with van der Waals surface area (Å²) in [4.78, 5) is 80.9. The van der Waals surface area contributed by atoms with Crippen LogP contribution in [-0.2, 0) is 41.6 Å². The molecule has 0 saturated carbocycles. The van der Waals surface area contributed by atoms with Crippen molar-refractivity contribution >= 4 is 41.5 Å². The number of phenolic OH excluding ortho intramolecular Hbond substituents is 1. The van der Waals surface area contributed by atoms with Crippen molar-refractivity contribution in [3.05, 3.63) is 65.7 Å². The quantitative estimate of drug-likeness (QED) is 0.0413. The second-order valence-corrected chi connectivity index (χ2v) is 12.8. The van der Waals surface area contributed by atoms with Gasteiger partial charge in [-0.05, 0) is 61.8 Å². The fourth-order valence-electron chi connectivity index (χ4n) is 5.00. The molecule has 0 fully saturated rings. The molecule has 0 unspecified atom stereocenters. The highest BCUT2D eigenvalue weighted by molar-refractivity contribution is 5.95. The molecule has 13 N–H and O–H groups in total. The van der Waals surface area contributed by atoms with Crippen LogP contribution in [0.1, 0.15) is 51.2 Å². The van der Waals surface area contributed by atoms with E-state index in [2.05, 4.69) is 31.6 Å². The normalized spacial score (nSPS) is 13.7. The Hall–Kier alpha value is -5.71. The van der Waals surface area contributed by atoms with E-state index in [1.54, 1.807) is 42.5 Å². The summed E-state index contributed by atoms with van der Waals surface area (Å²) in [5, 5.41) is 31.8. The van der Waals surface area contributed by atoms with Gasteiger partial charge in [-0.2, -0.15) is 0 Å². The number of guanidine groups is 1. The van der Waals surface area contributed by atoms with Crippen LogP contribution in [0, 0.1) is 5.92 Å². The van der Waals surface area contributed by atoms with E-state index >= 15 is 0 Å². The minimum absolute atomic E-state index is 0.0352. The molecule has 2 rings (SSSR count). The number of carbonyl (C=O) groups excluding carboxylic acids is 5. The number of hydrogen-bond donors (Lipinski definition) is 10. The predicted molar refractivity (Wildman–Crippen MR) is 193 cm³/mol. The molecule has 2 aromatic rings. The summed E-state index contributed by atoms with van der Waals surface area (Å²) in [5.74, 6) is -4.83. The number of hydrogen-bond acceptors (Lipinski definition) is 9. The van der Waals surface area contributed by atoms with E-state index in [4.69, 9.17) is 17.2 Å². The second-order valence-electron chi connectivity index (χ2n) is 12.8. The Morgan fingerprint density at radius 1 is 0.731 bits per heavy atom. The molecule has 52 heavy (non-hydrogen) atoms. The number of nitrogens with one attached hydrogen (secondary N) is 5. The van der Waals surface area contributed by atoms with Gasteiger partial charge >= 0.3 is 5.97 Å². The van der Waals surface area contributed by atoms with E-state index in [0.717, 1.165) is 0 Å². The van der Waals surface area contributed by atoms with Crippen molar-refractivity contribution in [3.8, 4) is 5.75 Å². The maximum atomic E-state index is 13.6. The summed E-state index contributed by atoms with van der Waals surface area (Å²) in [6, 6.07) is 9.37. The summed E-state index contributed by atoms with van der Waals surface area (Å²) in [6.45, 7) is 4.71. The number of aliphatic imine (C=N–C) groups is 1. The maximum Gasteiger partial charge on any atom is 0.326 e. The van der Waals surface area contributed by atoms with Gasteiger partial charge in [0.2, 0.25) is 29.5 Å². The molecule has 284 valence electrons. The molecular formula is C35H51N9O8. The maximum absolute atomic E-state index is 13.6. The summed E-state index contributed by atoms with van der Waals surface area (Å²) in [5.41, 5.74) is 18.0. The fourth-order valence-corrected chi connectivity index (χ4v) is 5.00. The van der Waals surface area contributed by atoms with Crippen molar-refractivity contribution < 1.29 is 39.0 Å². The SMILES string of the molecule is CC(C)C[C@@H](NC(=O)[C@@H](Cc1ccccc1)NC(=O)CNC(=O)[C@H](C)NC(=O)[C@H](N)Cc1ccc(O)cc1)C(=O)N[C@H](CCCN=C(N)N)C(=O)O. The van der Waals surface area contributed by atoms with E-state index in [9.17, 15) is 39.0 Å². The highest BCUT2D eigenvalue weighted by Gasteiger charge is 2.30. The smallest absolute Gasteiger partial charge is 0.326 e. The highest BCUT2D eigenvalue weighted by atomic mass is 16.4. The number of nitrogens with zero attached hydrogens (tertiary/aromatic N) is 1. The molecule has 0 aliphatic rings. The molecular weight excluding hydrogens is 674 g/mol. The van der Waals surface area contributed by atoms with Crippen LogP contribution >= 0.6 is 0 Å². The van der Waals surface area contributed by atoms with Gasteiger partial charge in [-0.15, -0.1) is 0 Å². The zero-order valence-electron chi connectivity index (χ0n) is 29.6. The van der Waals surface area contributed by atoms with Gasteiger partial charge in [0.25, 0.3) is 0 Å². The predicted octanol–water partition coefficient (Wildman–Crippen LogP) is -1.24. The Kier molecular flexibility index (Phi) is 17.5. The number of aliphatic carboxylic acids is 1. The van der Waals surface area contributed by atoms with Crippen LogP contribution in [0.25, 0.3) is 0 Å². The topological polar surface area (TPSA) is 293 Å². The molecule has 5 amide bonds. The molecule has 17 nitrogen and oxygen atoms in total. The lowest BCUT2D eigenvalue weighted by Crippen LogP contribution is -2.57. The molecule has 0 saturated heterocycles. The number of amides is 5. The lowest BCUT2D eigenvalue weighted by Gasteiger charge is -2.26. The first-order valence-corrected chi connectivity index (χ1v) is 16.9. The number of carboxylic acids is 1. The number of benzene rings is 2. The molecule has 17 heteroatoms. The molecule has 0 aromatic heterocycles. The molecule has 0 aliphatic carbocycles. The van der Waals surface area contributed by atoms with E-state index in [-0.39, 0.29) is 56.3 Å². The van der Waals surface area contributed by atoms with Crippen molar-refractivity contribution in [2.24, 2.45) is 28.1 Å². The third-order valence-electron chi connectivity index (χ3n) is 7.74. The van der Waals surface area contributed by atoms with Crippen molar-refractivity contribution in [1.29, 1.82) is 0 Å². The molecule has 0 radical (unpaired) electrons. The lowest BCUT2D eigenvalue weighted by molar-refractivity contribution is -0.142. The Morgan fingerprint density at radius 3 is 1.92 bits per heavy atom. The van der Waals surface area contributed by atoms with Crippen molar-refractivity contribution in [2.45, 2.75) is 83.1 Å². The molecule has 5 atom stereocenters. The van der Waals surface area contributed by atoms with E-state index in [0.29, 0.717) is 11.1 Å². The van der Waals surface area contributed by atoms with Crippen LogP contribution in [0.2, 0.25) is 0 Å². The van der Waals surface area contributed by atoms with Gasteiger partial charge in [0.1, 0.15) is 29.9 Å². The van der Waals surface area contributed by atoms with Gasteiger partial charge in [-0.1, -0.05) is 56.3 Å². The van der Waals surface area contributed by atoms with Gasteiger partial charge in [0, 0.05) is 13.0 Å². The average Bonchev–Trinajstić information content (AvgIpc) is 3.08. The zero-order valence-corrected chi connectivity index (χ0v) is 29.6. The van der Waals surface area contributed by atoms with Crippen LogP contribution in [0.5, 0.6) is 5.75 Å². The van der Waals surface area contributed by atoms with Crippen LogP contribution in [-0.4, -0.2) is 95.0 Å². The zero-order chi connectivity index (χ0) is 38.8. The van der Waals surface area contributed by atoms with Crippen LogP contribution < -0.4 is 43.8 Å². The average molecular weight is 726 g/mol. The Bertz CT molecular complexity index is 1530. The second kappa shape index (κ2) is 21.5. The monoisotopic (exact) mass is 725 g/mol. The van der Waals surface area contributed by atoms with Gasteiger partial charge in [0.05, 0.1) is 12.6 Å². The van der Waals surface area contributed by atoms with Crippen molar-refractivity contribution in [1.82, 2.24) is 26.6 Å². The third kappa shape index (κ3) is 15.9. The number of carboxylic acid groups (broad SMARTS) is 1. The molecule has 0 bridgehead atoms. The Balaban J connectivity index is 2.06. The minimum atomic E-state index is -1.27. The summed E-state index contributed by atoms with van der Waals surface area (Å²) >= 11 is 0. The van der Waals surface area contributed by atoms with E-state index in [1.165, 1.54) is 19.1 Å².